The second-order valence-corrected chi connectivity index (χ2v) is 8.87. The van der Waals surface area contributed by atoms with Crippen LogP contribution < -0.4 is 15.4 Å². The summed E-state index contributed by atoms with van der Waals surface area (Å²) in [5.41, 5.74) is 1.07. The third-order valence-corrected chi connectivity index (χ3v) is 6.07. The van der Waals surface area contributed by atoms with Gasteiger partial charge in [0.15, 0.2) is 6.61 Å². The maximum Gasteiger partial charge on any atom is 0.257 e. The molecule has 1 fully saturated rings. The fourth-order valence-corrected chi connectivity index (χ4v) is 4.08. The smallest absolute Gasteiger partial charge is 0.257 e. The highest BCUT2D eigenvalue weighted by molar-refractivity contribution is 6.05. The molecule has 1 atom stereocenters. The van der Waals surface area contributed by atoms with Gasteiger partial charge in [-0.15, -0.1) is 0 Å². The molecule has 1 unspecified atom stereocenters. The number of amides is 4. The van der Waals surface area contributed by atoms with Gasteiger partial charge in [-0.25, -0.2) is 0 Å². The van der Waals surface area contributed by atoms with Gasteiger partial charge in [0.05, 0.1) is 33.0 Å². The molecule has 3 rings (SSSR count). The molecule has 2 aliphatic rings. The lowest BCUT2D eigenvalue weighted by molar-refractivity contribution is -0.137. The SMILES string of the molecule is CCCCOCCOCCOCCCNC(=O)COc1cccc2c1CN(C1CCC(=O)NC1=O)C2=O. The Bertz CT molecular complexity index is 938. The second kappa shape index (κ2) is 15.3. The summed E-state index contributed by atoms with van der Waals surface area (Å²) < 4.78 is 22.0. The Labute approximate surface area is 217 Å². The van der Waals surface area contributed by atoms with E-state index in [0.29, 0.717) is 62.9 Å². The van der Waals surface area contributed by atoms with E-state index in [-0.39, 0.29) is 43.7 Å². The number of nitrogens with one attached hydrogen (secondary N) is 2. The number of carbonyl (C=O) groups excluding carboxylic acids is 4. The summed E-state index contributed by atoms with van der Waals surface area (Å²) in [5, 5.41) is 5.07. The van der Waals surface area contributed by atoms with E-state index in [1.54, 1.807) is 18.2 Å². The molecule has 0 bridgehead atoms. The molecule has 0 spiro atoms. The molecule has 1 saturated heterocycles. The monoisotopic (exact) mass is 519 g/mol. The van der Waals surface area contributed by atoms with Gasteiger partial charge in [-0.3, -0.25) is 24.5 Å². The van der Waals surface area contributed by atoms with Crippen LogP contribution in [0, 0.1) is 0 Å². The molecule has 2 N–H and O–H groups in total. The number of benzene rings is 1. The molecule has 0 aromatic heterocycles. The summed E-state index contributed by atoms with van der Waals surface area (Å²) in [5.74, 6) is -0.946. The van der Waals surface area contributed by atoms with Crippen LogP contribution in [0.2, 0.25) is 0 Å². The van der Waals surface area contributed by atoms with Crippen molar-refractivity contribution in [2.24, 2.45) is 0 Å². The maximum absolute atomic E-state index is 12.9. The largest absolute Gasteiger partial charge is 0.483 e. The molecular weight excluding hydrogens is 482 g/mol. The number of carbonyl (C=O) groups is 4. The summed E-state index contributed by atoms with van der Waals surface area (Å²) in [7, 11) is 0. The predicted octanol–water partition coefficient (Wildman–Crippen LogP) is 1.18. The van der Waals surface area contributed by atoms with Gasteiger partial charge in [-0.1, -0.05) is 19.4 Å². The van der Waals surface area contributed by atoms with Crippen molar-refractivity contribution < 1.29 is 38.1 Å². The minimum atomic E-state index is -0.702. The third-order valence-electron chi connectivity index (χ3n) is 6.07. The second-order valence-electron chi connectivity index (χ2n) is 8.87. The van der Waals surface area contributed by atoms with Crippen LogP contribution in [0.25, 0.3) is 0 Å². The van der Waals surface area contributed by atoms with Crippen LogP contribution >= 0.6 is 0 Å². The van der Waals surface area contributed by atoms with Crippen LogP contribution in [0.5, 0.6) is 5.75 Å². The minimum Gasteiger partial charge on any atom is -0.483 e. The van der Waals surface area contributed by atoms with Gasteiger partial charge in [-0.05, 0) is 31.4 Å². The molecule has 11 heteroatoms. The Morgan fingerprint density at radius 3 is 2.43 bits per heavy atom. The van der Waals surface area contributed by atoms with Gasteiger partial charge in [0, 0.05) is 37.3 Å². The van der Waals surface area contributed by atoms with Crippen molar-refractivity contribution in [3.05, 3.63) is 29.3 Å². The first-order valence-corrected chi connectivity index (χ1v) is 12.9. The van der Waals surface area contributed by atoms with Crippen LogP contribution in [0.1, 0.15) is 54.9 Å². The van der Waals surface area contributed by atoms with Crippen LogP contribution in [0.15, 0.2) is 18.2 Å². The zero-order valence-corrected chi connectivity index (χ0v) is 21.4. The molecule has 1 aromatic carbocycles. The van der Waals surface area contributed by atoms with Crippen molar-refractivity contribution in [1.29, 1.82) is 0 Å². The molecule has 0 saturated carbocycles. The first-order valence-electron chi connectivity index (χ1n) is 12.9. The Hall–Kier alpha value is -3.02. The van der Waals surface area contributed by atoms with Crippen LogP contribution in [0.3, 0.4) is 0 Å². The number of imide groups is 1. The normalized spacial score (nSPS) is 17.1. The number of piperidine rings is 1. The lowest BCUT2D eigenvalue weighted by atomic mass is 10.0. The van der Waals surface area contributed by atoms with E-state index in [9.17, 15) is 19.2 Å². The number of hydrogen-bond donors (Lipinski definition) is 2. The summed E-state index contributed by atoms with van der Waals surface area (Å²) in [6.07, 6.45) is 3.31. The van der Waals surface area contributed by atoms with E-state index >= 15 is 0 Å². The van der Waals surface area contributed by atoms with Gasteiger partial charge in [0.1, 0.15) is 11.8 Å². The van der Waals surface area contributed by atoms with Crippen molar-refractivity contribution in [3.63, 3.8) is 0 Å². The van der Waals surface area contributed by atoms with Gasteiger partial charge in [0.2, 0.25) is 11.8 Å². The number of nitrogens with zero attached hydrogens (tertiary/aromatic N) is 1. The van der Waals surface area contributed by atoms with E-state index < -0.39 is 11.9 Å². The first kappa shape index (κ1) is 28.5. The van der Waals surface area contributed by atoms with E-state index in [0.717, 1.165) is 19.4 Å². The van der Waals surface area contributed by atoms with Crippen LogP contribution in [-0.4, -0.2) is 87.4 Å². The Balaban J connectivity index is 1.29. The number of ether oxygens (including phenoxy) is 4. The third kappa shape index (κ3) is 8.80. The fraction of sp³-hybridized carbons (Fsp3) is 0.615. The van der Waals surface area contributed by atoms with Gasteiger partial charge >= 0.3 is 0 Å². The summed E-state index contributed by atoms with van der Waals surface area (Å²) in [6.45, 7) is 5.96. The van der Waals surface area contributed by atoms with Gasteiger partial charge < -0.3 is 29.2 Å². The molecule has 4 amide bonds. The molecule has 1 aromatic rings. The Kier molecular flexibility index (Phi) is 11.8. The number of unbranched alkanes of at least 4 members (excludes halogenated alkanes) is 1. The van der Waals surface area contributed by atoms with Crippen molar-refractivity contribution in [3.8, 4) is 5.75 Å². The van der Waals surface area contributed by atoms with E-state index in [2.05, 4.69) is 17.6 Å². The lowest BCUT2D eigenvalue weighted by Gasteiger charge is -2.29. The molecule has 0 aliphatic carbocycles. The predicted molar refractivity (Wildman–Crippen MR) is 133 cm³/mol. The Morgan fingerprint density at radius 2 is 1.73 bits per heavy atom. The zero-order chi connectivity index (χ0) is 26.5. The minimum absolute atomic E-state index is 0.186. The molecular formula is C26H37N3O8. The van der Waals surface area contributed by atoms with Crippen molar-refractivity contribution in [1.82, 2.24) is 15.5 Å². The molecule has 2 aliphatic heterocycles. The zero-order valence-electron chi connectivity index (χ0n) is 21.4. The molecule has 0 radical (unpaired) electrons. The van der Waals surface area contributed by atoms with Crippen molar-refractivity contribution in [2.45, 2.75) is 51.6 Å². The highest BCUT2D eigenvalue weighted by Crippen LogP contribution is 2.33. The van der Waals surface area contributed by atoms with Crippen molar-refractivity contribution in [2.75, 3.05) is 52.8 Å². The highest BCUT2D eigenvalue weighted by atomic mass is 16.5. The number of hydrogen-bond acceptors (Lipinski definition) is 8. The average Bonchev–Trinajstić information content (AvgIpc) is 3.22. The topological polar surface area (TPSA) is 132 Å². The number of rotatable bonds is 17. The van der Waals surface area contributed by atoms with E-state index in [1.165, 1.54) is 4.90 Å². The van der Waals surface area contributed by atoms with E-state index in [1.807, 2.05) is 0 Å². The average molecular weight is 520 g/mol. The fourth-order valence-electron chi connectivity index (χ4n) is 4.08. The standard InChI is InChI=1S/C26H37N3O8/c1-2-3-11-34-13-15-36-16-14-35-12-5-10-27-24(31)18-37-22-7-4-6-19-20(22)17-29(26(19)33)21-8-9-23(30)28-25(21)32/h4,6-7,21H,2-3,5,8-18H2,1H3,(H,27,31)(H,28,30,32). The molecule has 204 valence electrons. The van der Waals surface area contributed by atoms with E-state index in [4.69, 9.17) is 18.9 Å². The lowest BCUT2D eigenvalue weighted by Crippen LogP contribution is -2.52. The van der Waals surface area contributed by atoms with Crippen LogP contribution in [0.4, 0.5) is 0 Å². The summed E-state index contributed by atoms with van der Waals surface area (Å²) in [6, 6.07) is 4.34. The maximum atomic E-state index is 12.9. The summed E-state index contributed by atoms with van der Waals surface area (Å²) >= 11 is 0. The summed E-state index contributed by atoms with van der Waals surface area (Å²) in [4.78, 5) is 50.2. The van der Waals surface area contributed by atoms with Gasteiger partial charge in [0.25, 0.3) is 11.8 Å². The molecule has 11 nitrogen and oxygen atoms in total. The Morgan fingerprint density at radius 1 is 1.03 bits per heavy atom. The van der Waals surface area contributed by atoms with Crippen LogP contribution in [-0.2, 0) is 35.1 Å². The molecule has 37 heavy (non-hydrogen) atoms. The molecule has 2 heterocycles. The quantitative estimate of drug-likeness (QED) is 0.232. The van der Waals surface area contributed by atoms with Crippen molar-refractivity contribution >= 4 is 23.6 Å². The highest BCUT2D eigenvalue weighted by Gasteiger charge is 2.40. The number of fused-ring (bicyclic) bond motifs is 1. The first-order chi connectivity index (χ1) is 18.0. The van der Waals surface area contributed by atoms with Gasteiger partial charge in [-0.2, -0.15) is 0 Å².